The minimum absolute atomic E-state index is 0.434. The summed E-state index contributed by atoms with van der Waals surface area (Å²) in [4.78, 5) is 2.31. The molecule has 2 atom stereocenters. The fourth-order valence-electron chi connectivity index (χ4n) is 1.87. The van der Waals surface area contributed by atoms with Gasteiger partial charge in [-0.2, -0.15) is 0 Å². The van der Waals surface area contributed by atoms with Gasteiger partial charge in [-0.05, 0) is 7.05 Å². The van der Waals surface area contributed by atoms with Gasteiger partial charge < -0.3 is 19.7 Å². The van der Waals surface area contributed by atoms with Crippen molar-refractivity contribution in [3.63, 3.8) is 0 Å². The van der Waals surface area contributed by atoms with Gasteiger partial charge in [0.25, 0.3) is 0 Å². The lowest BCUT2D eigenvalue weighted by molar-refractivity contribution is 0.0748. The van der Waals surface area contributed by atoms with E-state index < -0.39 is 0 Å². The molecule has 0 spiro atoms. The van der Waals surface area contributed by atoms with E-state index in [1.54, 1.807) is 14.2 Å². The molecule has 0 saturated carbocycles. The van der Waals surface area contributed by atoms with E-state index in [0.717, 1.165) is 26.3 Å². The third kappa shape index (κ3) is 3.60. The van der Waals surface area contributed by atoms with E-state index >= 15 is 0 Å². The lowest BCUT2D eigenvalue weighted by atomic mass is 10.1. The average Bonchev–Trinajstić information content (AvgIpc) is 2.04. The number of ether oxygens (including phenoxy) is 2. The molecule has 78 valence electrons. The van der Waals surface area contributed by atoms with Crippen molar-refractivity contribution in [2.75, 3.05) is 47.6 Å². The highest BCUT2D eigenvalue weighted by Crippen LogP contribution is 2.02. The molecule has 0 radical (unpaired) electrons. The molecule has 1 rings (SSSR count). The lowest BCUT2D eigenvalue weighted by Crippen LogP contribution is -2.58. The topological polar surface area (TPSA) is 33.7 Å². The molecular weight excluding hydrogens is 168 g/mol. The Hall–Kier alpha value is -0.160. The molecule has 0 bridgehead atoms. The summed E-state index contributed by atoms with van der Waals surface area (Å²) >= 11 is 0. The van der Waals surface area contributed by atoms with Crippen molar-refractivity contribution in [1.82, 2.24) is 10.2 Å². The Morgan fingerprint density at radius 3 is 2.00 bits per heavy atom. The van der Waals surface area contributed by atoms with E-state index in [4.69, 9.17) is 9.47 Å². The van der Waals surface area contributed by atoms with Gasteiger partial charge in [0.2, 0.25) is 0 Å². The van der Waals surface area contributed by atoms with E-state index in [0.29, 0.717) is 12.1 Å². The highest BCUT2D eigenvalue weighted by Gasteiger charge is 2.23. The zero-order valence-electron chi connectivity index (χ0n) is 8.75. The van der Waals surface area contributed by atoms with Crippen LogP contribution in [0.25, 0.3) is 0 Å². The van der Waals surface area contributed by atoms with Crippen LogP contribution in [0.5, 0.6) is 0 Å². The quantitative estimate of drug-likeness (QED) is 0.648. The number of nitrogens with zero attached hydrogens (tertiary/aromatic N) is 1. The minimum Gasteiger partial charge on any atom is -0.383 e. The molecule has 4 heteroatoms. The number of hydrogen-bond acceptors (Lipinski definition) is 4. The van der Waals surface area contributed by atoms with Gasteiger partial charge in [0.15, 0.2) is 0 Å². The van der Waals surface area contributed by atoms with Crippen molar-refractivity contribution in [3.05, 3.63) is 0 Å². The monoisotopic (exact) mass is 188 g/mol. The second-order valence-electron chi connectivity index (χ2n) is 3.69. The van der Waals surface area contributed by atoms with Crippen LogP contribution in [0.2, 0.25) is 0 Å². The predicted molar refractivity (Wildman–Crippen MR) is 52.0 cm³/mol. The molecule has 1 saturated heterocycles. The number of piperazine rings is 1. The molecule has 0 aliphatic carbocycles. The van der Waals surface area contributed by atoms with Crippen molar-refractivity contribution in [1.29, 1.82) is 0 Å². The van der Waals surface area contributed by atoms with Crippen molar-refractivity contribution in [2.45, 2.75) is 12.1 Å². The van der Waals surface area contributed by atoms with Crippen LogP contribution >= 0.6 is 0 Å². The minimum atomic E-state index is 0.434. The molecule has 1 aliphatic rings. The summed E-state index contributed by atoms with van der Waals surface area (Å²) in [7, 11) is 5.61. The third-order valence-electron chi connectivity index (χ3n) is 2.27. The average molecular weight is 188 g/mol. The molecule has 1 fully saturated rings. The Labute approximate surface area is 80.2 Å². The first-order chi connectivity index (χ1) is 6.26. The van der Waals surface area contributed by atoms with Crippen molar-refractivity contribution in [2.24, 2.45) is 0 Å². The van der Waals surface area contributed by atoms with E-state index in [1.165, 1.54) is 0 Å². The highest BCUT2D eigenvalue weighted by atomic mass is 16.5. The van der Waals surface area contributed by atoms with Crippen LogP contribution in [0.15, 0.2) is 0 Å². The summed E-state index contributed by atoms with van der Waals surface area (Å²) in [5.74, 6) is 0. The molecule has 1 heterocycles. The summed E-state index contributed by atoms with van der Waals surface area (Å²) in [6.07, 6.45) is 0. The second-order valence-corrected chi connectivity index (χ2v) is 3.69. The van der Waals surface area contributed by atoms with E-state index in [2.05, 4.69) is 17.3 Å². The van der Waals surface area contributed by atoms with Crippen LogP contribution in [-0.2, 0) is 9.47 Å². The van der Waals surface area contributed by atoms with E-state index in [1.807, 2.05) is 0 Å². The normalized spacial score (nSPS) is 30.7. The molecule has 0 unspecified atom stereocenters. The maximum absolute atomic E-state index is 5.13. The van der Waals surface area contributed by atoms with Crippen molar-refractivity contribution < 1.29 is 9.47 Å². The summed E-state index contributed by atoms with van der Waals surface area (Å²) in [5.41, 5.74) is 0. The molecule has 0 aromatic heterocycles. The van der Waals surface area contributed by atoms with Crippen molar-refractivity contribution >= 4 is 0 Å². The standard InChI is InChI=1S/C9H20N2O2/c1-11-4-8(6-12-2)10-9(5-11)7-13-3/h8-10H,4-7H2,1-3H3/t8-,9-/m0/s1. The Balaban J connectivity index is 2.33. The first-order valence-corrected chi connectivity index (χ1v) is 4.68. The zero-order valence-corrected chi connectivity index (χ0v) is 8.75. The van der Waals surface area contributed by atoms with E-state index in [9.17, 15) is 0 Å². The van der Waals surface area contributed by atoms with Gasteiger partial charge in [-0.1, -0.05) is 0 Å². The zero-order chi connectivity index (χ0) is 9.68. The maximum atomic E-state index is 5.13. The molecular formula is C9H20N2O2. The van der Waals surface area contributed by atoms with Crippen LogP contribution in [-0.4, -0.2) is 64.6 Å². The Kier molecular flexibility index (Phi) is 4.66. The van der Waals surface area contributed by atoms with Gasteiger partial charge in [-0.3, -0.25) is 0 Å². The number of hydrogen-bond donors (Lipinski definition) is 1. The number of likely N-dealkylation sites (N-methyl/N-ethyl adjacent to an activating group) is 1. The second kappa shape index (κ2) is 5.54. The smallest absolute Gasteiger partial charge is 0.0628 e. The van der Waals surface area contributed by atoms with Gasteiger partial charge in [-0.25, -0.2) is 0 Å². The molecule has 0 amide bonds. The Morgan fingerprint density at radius 1 is 1.15 bits per heavy atom. The molecule has 0 aromatic carbocycles. The van der Waals surface area contributed by atoms with Crippen molar-refractivity contribution in [3.8, 4) is 0 Å². The molecule has 13 heavy (non-hydrogen) atoms. The summed E-state index contributed by atoms with van der Waals surface area (Å²) < 4.78 is 10.3. The van der Waals surface area contributed by atoms with Crippen LogP contribution in [0.4, 0.5) is 0 Å². The maximum Gasteiger partial charge on any atom is 0.0628 e. The largest absolute Gasteiger partial charge is 0.383 e. The molecule has 0 aromatic rings. The van der Waals surface area contributed by atoms with Gasteiger partial charge in [-0.15, -0.1) is 0 Å². The summed E-state index contributed by atoms with van der Waals surface area (Å²) in [6, 6.07) is 0.868. The molecule has 1 N–H and O–H groups in total. The first kappa shape index (κ1) is 10.9. The van der Waals surface area contributed by atoms with Gasteiger partial charge in [0.1, 0.15) is 0 Å². The first-order valence-electron chi connectivity index (χ1n) is 4.68. The predicted octanol–water partition coefficient (Wildman–Crippen LogP) is -0.449. The summed E-state index contributed by atoms with van der Waals surface area (Å²) in [6.45, 7) is 3.64. The lowest BCUT2D eigenvalue weighted by Gasteiger charge is -2.36. The van der Waals surface area contributed by atoms with Crippen LogP contribution in [0.1, 0.15) is 0 Å². The van der Waals surface area contributed by atoms with Crippen LogP contribution < -0.4 is 5.32 Å². The highest BCUT2D eigenvalue weighted by molar-refractivity contribution is 4.84. The number of rotatable bonds is 4. The Morgan fingerprint density at radius 2 is 1.62 bits per heavy atom. The van der Waals surface area contributed by atoms with Gasteiger partial charge in [0, 0.05) is 39.4 Å². The Bertz CT molecular complexity index is 130. The third-order valence-corrected chi connectivity index (χ3v) is 2.27. The van der Waals surface area contributed by atoms with Gasteiger partial charge >= 0.3 is 0 Å². The summed E-state index contributed by atoms with van der Waals surface area (Å²) in [5, 5.41) is 3.49. The number of nitrogens with one attached hydrogen (secondary N) is 1. The van der Waals surface area contributed by atoms with E-state index in [-0.39, 0.29) is 0 Å². The van der Waals surface area contributed by atoms with Crippen LogP contribution in [0, 0.1) is 0 Å². The van der Waals surface area contributed by atoms with Gasteiger partial charge in [0.05, 0.1) is 13.2 Å². The fourth-order valence-corrected chi connectivity index (χ4v) is 1.87. The SMILES string of the molecule is COC[C@@H]1CN(C)C[C@@H](COC)N1. The molecule has 1 aliphatic heterocycles. The van der Waals surface area contributed by atoms with Crippen LogP contribution in [0.3, 0.4) is 0 Å². The number of methoxy groups -OCH3 is 2. The molecule has 4 nitrogen and oxygen atoms in total. The fraction of sp³-hybridized carbons (Fsp3) is 1.00.